The summed E-state index contributed by atoms with van der Waals surface area (Å²) in [7, 11) is 0. The summed E-state index contributed by atoms with van der Waals surface area (Å²) < 4.78 is 0. The molecule has 1 aliphatic rings. The molecule has 2 aromatic rings. The maximum atomic E-state index is 12.5. The van der Waals surface area contributed by atoms with E-state index in [1.54, 1.807) is 18.6 Å². The molecule has 5 heteroatoms. The first-order valence-electron chi connectivity index (χ1n) is 7.25. The lowest BCUT2D eigenvalue weighted by atomic mass is 10.00. The Morgan fingerprint density at radius 3 is 2.71 bits per heavy atom. The minimum absolute atomic E-state index is 0.0740. The van der Waals surface area contributed by atoms with E-state index in [1.807, 2.05) is 17.0 Å². The minimum Gasteiger partial charge on any atom is -0.338 e. The summed E-state index contributed by atoms with van der Waals surface area (Å²) in [6, 6.07) is 3.68. The van der Waals surface area contributed by atoms with Gasteiger partial charge >= 0.3 is 0 Å². The van der Waals surface area contributed by atoms with Crippen LogP contribution in [0.25, 0.3) is 11.3 Å². The summed E-state index contributed by atoms with van der Waals surface area (Å²) in [5.74, 6) is 0.654. The quantitative estimate of drug-likeness (QED) is 0.848. The van der Waals surface area contributed by atoms with Crippen molar-refractivity contribution in [3.05, 3.63) is 42.6 Å². The third-order valence-corrected chi connectivity index (χ3v) is 3.81. The Hall–Kier alpha value is -2.30. The van der Waals surface area contributed by atoms with Gasteiger partial charge in [-0.1, -0.05) is 6.92 Å². The average molecular weight is 282 g/mol. The van der Waals surface area contributed by atoms with Crippen LogP contribution in [-0.4, -0.2) is 38.8 Å². The number of carbonyl (C=O) groups is 1. The molecule has 1 fully saturated rings. The monoisotopic (exact) mass is 282 g/mol. The van der Waals surface area contributed by atoms with Crippen LogP contribution in [0.15, 0.2) is 37.1 Å². The summed E-state index contributed by atoms with van der Waals surface area (Å²) in [6.45, 7) is 3.88. The smallest absolute Gasteiger partial charge is 0.255 e. The molecular weight excluding hydrogens is 264 g/mol. The highest BCUT2D eigenvalue weighted by Crippen LogP contribution is 2.19. The number of hydrogen-bond acceptors (Lipinski definition) is 4. The lowest BCUT2D eigenvalue weighted by Gasteiger charge is -2.30. The van der Waals surface area contributed by atoms with Crippen LogP contribution in [-0.2, 0) is 0 Å². The summed E-state index contributed by atoms with van der Waals surface area (Å²) >= 11 is 0. The Bertz CT molecular complexity index is 612. The van der Waals surface area contributed by atoms with Gasteiger partial charge in [-0.3, -0.25) is 9.78 Å². The van der Waals surface area contributed by atoms with Gasteiger partial charge in [0.2, 0.25) is 0 Å². The van der Waals surface area contributed by atoms with Crippen LogP contribution in [0.2, 0.25) is 0 Å². The number of carbonyl (C=O) groups excluding carboxylic acids is 1. The highest BCUT2D eigenvalue weighted by molar-refractivity contribution is 5.94. The molecule has 0 spiro atoms. The summed E-state index contributed by atoms with van der Waals surface area (Å²) in [6.07, 6.45) is 8.84. The predicted molar refractivity (Wildman–Crippen MR) is 79.6 cm³/mol. The third kappa shape index (κ3) is 3.07. The van der Waals surface area contributed by atoms with Crippen molar-refractivity contribution in [1.82, 2.24) is 19.9 Å². The second-order valence-electron chi connectivity index (χ2n) is 5.56. The fourth-order valence-electron chi connectivity index (χ4n) is 2.68. The van der Waals surface area contributed by atoms with Crippen LogP contribution in [0, 0.1) is 5.92 Å². The van der Waals surface area contributed by atoms with Crippen molar-refractivity contribution in [2.45, 2.75) is 19.8 Å². The van der Waals surface area contributed by atoms with E-state index in [9.17, 15) is 4.79 Å². The summed E-state index contributed by atoms with van der Waals surface area (Å²) in [4.78, 5) is 26.7. The van der Waals surface area contributed by atoms with Gasteiger partial charge in [-0.2, -0.15) is 0 Å². The van der Waals surface area contributed by atoms with Crippen LogP contribution in [0.1, 0.15) is 30.1 Å². The van der Waals surface area contributed by atoms with Gasteiger partial charge in [0.05, 0.1) is 11.3 Å². The maximum absolute atomic E-state index is 12.5. The van der Waals surface area contributed by atoms with Crippen molar-refractivity contribution in [2.75, 3.05) is 13.1 Å². The molecule has 108 valence electrons. The molecule has 0 aromatic carbocycles. The molecule has 21 heavy (non-hydrogen) atoms. The Morgan fingerprint density at radius 1 is 1.24 bits per heavy atom. The Morgan fingerprint density at radius 2 is 2.05 bits per heavy atom. The molecule has 0 N–H and O–H groups in total. The fourth-order valence-corrected chi connectivity index (χ4v) is 2.68. The zero-order chi connectivity index (χ0) is 14.7. The van der Waals surface area contributed by atoms with Crippen molar-refractivity contribution in [3.8, 4) is 11.3 Å². The SMILES string of the molecule is CC1CCCN(C(=O)c2ccc(-c3cncnc3)nc2)C1. The first-order valence-corrected chi connectivity index (χ1v) is 7.25. The number of aromatic nitrogens is 3. The third-order valence-electron chi connectivity index (χ3n) is 3.81. The van der Waals surface area contributed by atoms with Gasteiger partial charge in [-0.25, -0.2) is 9.97 Å². The zero-order valence-corrected chi connectivity index (χ0v) is 12.1. The molecule has 0 saturated carbocycles. The molecule has 3 heterocycles. The van der Waals surface area contributed by atoms with Gasteiger partial charge in [-0.15, -0.1) is 0 Å². The van der Waals surface area contributed by atoms with E-state index in [0.29, 0.717) is 11.5 Å². The lowest BCUT2D eigenvalue weighted by Crippen LogP contribution is -2.39. The van der Waals surface area contributed by atoms with Crippen molar-refractivity contribution in [3.63, 3.8) is 0 Å². The van der Waals surface area contributed by atoms with Crippen LogP contribution >= 0.6 is 0 Å². The number of rotatable bonds is 2. The standard InChI is InChI=1S/C16H18N4O/c1-12-3-2-6-20(10-12)16(21)13-4-5-15(19-9-13)14-7-17-11-18-8-14/h4-5,7-9,11-12H,2-3,6,10H2,1H3. The topological polar surface area (TPSA) is 59.0 Å². The Balaban J connectivity index is 1.76. The fraction of sp³-hybridized carbons (Fsp3) is 0.375. The van der Waals surface area contributed by atoms with Gasteiger partial charge < -0.3 is 4.90 Å². The van der Waals surface area contributed by atoms with Crippen LogP contribution in [0.4, 0.5) is 0 Å². The molecule has 2 aromatic heterocycles. The van der Waals surface area contributed by atoms with Gasteiger partial charge in [0.15, 0.2) is 0 Å². The molecule has 1 aliphatic heterocycles. The van der Waals surface area contributed by atoms with Crippen molar-refractivity contribution in [2.24, 2.45) is 5.92 Å². The van der Waals surface area contributed by atoms with Gasteiger partial charge in [0.25, 0.3) is 5.91 Å². The van der Waals surface area contributed by atoms with E-state index >= 15 is 0 Å². The highest BCUT2D eigenvalue weighted by Gasteiger charge is 2.22. The van der Waals surface area contributed by atoms with Crippen molar-refractivity contribution < 1.29 is 4.79 Å². The number of piperidine rings is 1. The van der Waals surface area contributed by atoms with Gasteiger partial charge in [0.1, 0.15) is 6.33 Å². The molecule has 5 nitrogen and oxygen atoms in total. The molecule has 0 aliphatic carbocycles. The molecule has 1 atom stereocenters. The second kappa shape index (κ2) is 5.99. The molecule has 1 unspecified atom stereocenters. The number of hydrogen-bond donors (Lipinski definition) is 0. The maximum Gasteiger partial charge on any atom is 0.255 e. The van der Waals surface area contributed by atoms with E-state index in [2.05, 4.69) is 21.9 Å². The average Bonchev–Trinajstić information content (AvgIpc) is 2.55. The van der Waals surface area contributed by atoms with Gasteiger partial charge in [-0.05, 0) is 30.9 Å². The number of nitrogens with zero attached hydrogens (tertiary/aromatic N) is 4. The highest BCUT2D eigenvalue weighted by atomic mass is 16.2. The predicted octanol–water partition coefficient (Wildman–Crippen LogP) is 2.41. The van der Waals surface area contributed by atoms with E-state index in [1.165, 1.54) is 12.7 Å². The van der Waals surface area contributed by atoms with E-state index in [0.717, 1.165) is 30.8 Å². The Labute approximate surface area is 124 Å². The largest absolute Gasteiger partial charge is 0.338 e. The van der Waals surface area contributed by atoms with Crippen LogP contribution in [0.3, 0.4) is 0 Å². The molecule has 1 saturated heterocycles. The first-order chi connectivity index (χ1) is 10.2. The van der Waals surface area contributed by atoms with E-state index in [4.69, 9.17) is 0 Å². The van der Waals surface area contributed by atoms with E-state index < -0.39 is 0 Å². The molecule has 1 amide bonds. The molecule has 0 radical (unpaired) electrons. The number of amides is 1. The van der Waals surface area contributed by atoms with Crippen LogP contribution < -0.4 is 0 Å². The first kappa shape index (κ1) is 13.7. The number of pyridine rings is 1. The number of likely N-dealkylation sites (tertiary alicyclic amines) is 1. The normalized spacial score (nSPS) is 18.5. The van der Waals surface area contributed by atoms with Crippen LogP contribution in [0.5, 0.6) is 0 Å². The Kier molecular flexibility index (Phi) is 3.90. The zero-order valence-electron chi connectivity index (χ0n) is 12.1. The van der Waals surface area contributed by atoms with Crippen molar-refractivity contribution >= 4 is 5.91 Å². The van der Waals surface area contributed by atoms with Gasteiger partial charge in [0, 0.05) is 37.2 Å². The minimum atomic E-state index is 0.0740. The summed E-state index contributed by atoms with van der Waals surface area (Å²) in [5, 5.41) is 0. The molecule has 3 rings (SSSR count). The molecule has 0 bridgehead atoms. The molecular formula is C16H18N4O. The van der Waals surface area contributed by atoms with E-state index in [-0.39, 0.29) is 5.91 Å². The lowest BCUT2D eigenvalue weighted by molar-refractivity contribution is 0.0682. The van der Waals surface area contributed by atoms with Crippen molar-refractivity contribution in [1.29, 1.82) is 0 Å². The second-order valence-corrected chi connectivity index (χ2v) is 5.56. The summed E-state index contributed by atoms with van der Waals surface area (Å²) in [5.41, 5.74) is 2.27.